The minimum Gasteiger partial charge on any atom is -0.465 e. The van der Waals surface area contributed by atoms with E-state index in [1.165, 1.54) is 6.08 Å². The second-order valence-electron chi connectivity index (χ2n) is 5.49. The first kappa shape index (κ1) is 16.6. The van der Waals surface area contributed by atoms with Gasteiger partial charge in [0.25, 0.3) is 0 Å². The van der Waals surface area contributed by atoms with Gasteiger partial charge in [-0.2, -0.15) is 0 Å². The highest BCUT2D eigenvalue weighted by molar-refractivity contribution is 5.07. The van der Waals surface area contributed by atoms with Crippen molar-refractivity contribution >= 4 is 0 Å². The summed E-state index contributed by atoms with van der Waals surface area (Å²) in [5.74, 6) is 0.116. The fourth-order valence-corrected chi connectivity index (χ4v) is 2.56. The fraction of sp³-hybridized carbons (Fsp3) is 0.833. The molecule has 0 aromatic carbocycles. The molecule has 2 rings (SSSR count). The molecule has 0 spiro atoms. The Balaban J connectivity index is 2.08. The van der Waals surface area contributed by atoms with Gasteiger partial charge in [-0.15, -0.1) is 0 Å². The van der Waals surface area contributed by atoms with Gasteiger partial charge in [-0.05, 0) is 12.5 Å². The van der Waals surface area contributed by atoms with E-state index in [1.54, 1.807) is 0 Å². The maximum Gasteiger partial charge on any atom is 0.218 e. The number of hydrogen-bond acceptors (Lipinski definition) is 9. The minimum absolute atomic E-state index is 0.116. The first-order valence-corrected chi connectivity index (χ1v) is 6.79. The molecule has 2 aliphatic rings. The van der Waals surface area contributed by atoms with Crippen LogP contribution in [0, 0.1) is 0 Å². The van der Waals surface area contributed by atoms with E-state index in [0.717, 1.165) is 0 Å². The smallest absolute Gasteiger partial charge is 0.218 e. The molecular formula is C12H23N3O6. The molecule has 0 amide bonds. The molecule has 1 fully saturated rings. The molecule has 122 valence electrons. The second-order valence-corrected chi connectivity index (χ2v) is 5.49. The van der Waals surface area contributed by atoms with Crippen molar-refractivity contribution in [2.75, 3.05) is 6.61 Å². The highest BCUT2D eigenvalue weighted by Gasteiger charge is 2.44. The lowest BCUT2D eigenvalue weighted by Crippen LogP contribution is -2.64. The summed E-state index contributed by atoms with van der Waals surface area (Å²) in [6.45, 7) is -0.420. The quantitative estimate of drug-likeness (QED) is 0.274. The van der Waals surface area contributed by atoms with Crippen LogP contribution in [0.25, 0.3) is 0 Å². The van der Waals surface area contributed by atoms with Gasteiger partial charge in [-0.25, -0.2) is 0 Å². The van der Waals surface area contributed by atoms with Crippen LogP contribution in [0.2, 0.25) is 0 Å². The highest BCUT2D eigenvalue weighted by Crippen LogP contribution is 2.25. The lowest BCUT2D eigenvalue weighted by Gasteiger charge is -2.43. The van der Waals surface area contributed by atoms with Crippen molar-refractivity contribution in [1.82, 2.24) is 0 Å². The normalized spacial score (nSPS) is 47.7. The lowest BCUT2D eigenvalue weighted by atomic mass is 9.84. The molecule has 0 radical (unpaired) electrons. The van der Waals surface area contributed by atoms with Crippen LogP contribution >= 0.6 is 0 Å². The van der Waals surface area contributed by atoms with E-state index in [0.29, 0.717) is 0 Å². The van der Waals surface area contributed by atoms with Crippen LogP contribution in [-0.4, -0.2) is 75.9 Å². The highest BCUT2D eigenvalue weighted by atomic mass is 16.7. The third-order valence-electron chi connectivity index (χ3n) is 3.87. The van der Waals surface area contributed by atoms with Gasteiger partial charge < -0.3 is 47.1 Å². The first-order valence-electron chi connectivity index (χ1n) is 6.79. The summed E-state index contributed by atoms with van der Waals surface area (Å²) in [7, 11) is 0. The third-order valence-corrected chi connectivity index (χ3v) is 3.87. The zero-order chi connectivity index (χ0) is 15.7. The van der Waals surface area contributed by atoms with Crippen molar-refractivity contribution < 1.29 is 29.9 Å². The Labute approximate surface area is 121 Å². The average Bonchev–Trinajstić information content (AvgIpc) is 2.45. The summed E-state index contributed by atoms with van der Waals surface area (Å²) >= 11 is 0. The van der Waals surface area contributed by atoms with Crippen molar-refractivity contribution in [3.05, 3.63) is 11.8 Å². The summed E-state index contributed by atoms with van der Waals surface area (Å²) in [4.78, 5) is 0. The Hall–Kier alpha value is -0.780. The van der Waals surface area contributed by atoms with Crippen LogP contribution in [0.1, 0.15) is 6.42 Å². The minimum atomic E-state index is -1.29. The summed E-state index contributed by atoms with van der Waals surface area (Å²) in [5, 5.41) is 38.7. The van der Waals surface area contributed by atoms with E-state index in [-0.39, 0.29) is 12.2 Å². The predicted octanol–water partition coefficient (Wildman–Crippen LogP) is -3.93. The number of aliphatic hydroxyl groups is 4. The second kappa shape index (κ2) is 6.55. The van der Waals surface area contributed by atoms with E-state index >= 15 is 0 Å². The van der Waals surface area contributed by atoms with Crippen LogP contribution < -0.4 is 17.2 Å². The van der Waals surface area contributed by atoms with E-state index in [9.17, 15) is 15.3 Å². The van der Waals surface area contributed by atoms with Gasteiger partial charge >= 0.3 is 0 Å². The van der Waals surface area contributed by atoms with Crippen molar-refractivity contribution in [1.29, 1.82) is 0 Å². The molecule has 9 nitrogen and oxygen atoms in total. The molecule has 8 atom stereocenters. The molecule has 21 heavy (non-hydrogen) atoms. The Kier molecular flexibility index (Phi) is 5.17. The van der Waals surface area contributed by atoms with Crippen LogP contribution in [-0.2, 0) is 9.47 Å². The van der Waals surface area contributed by atoms with Gasteiger partial charge in [-0.3, -0.25) is 0 Å². The van der Waals surface area contributed by atoms with Gasteiger partial charge in [-0.1, -0.05) is 0 Å². The monoisotopic (exact) mass is 305 g/mol. The molecule has 0 aromatic heterocycles. The van der Waals surface area contributed by atoms with Crippen molar-refractivity contribution in [3.63, 3.8) is 0 Å². The number of nitrogens with two attached hydrogens (primary N) is 3. The van der Waals surface area contributed by atoms with E-state index in [2.05, 4.69) is 0 Å². The molecular weight excluding hydrogens is 282 g/mol. The van der Waals surface area contributed by atoms with E-state index in [1.807, 2.05) is 0 Å². The summed E-state index contributed by atoms with van der Waals surface area (Å²) in [5.41, 5.74) is 17.3. The molecule has 0 aromatic rings. The Morgan fingerprint density at radius 3 is 2.43 bits per heavy atom. The van der Waals surface area contributed by atoms with E-state index < -0.39 is 55.4 Å². The fourth-order valence-electron chi connectivity index (χ4n) is 2.56. The van der Waals surface area contributed by atoms with Crippen molar-refractivity contribution in [2.45, 2.75) is 55.3 Å². The zero-order valence-electron chi connectivity index (χ0n) is 11.4. The number of aliphatic hydroxyl groups excluding tert-OH is 4. The Morgan fingerprint density at radius 1 is 1.14 bits per heavy atom. The first-order chi connectivity index (χ1) is 9.85. The standard InChI is InChI=1S/C12H23N3O6/c13-5-2-6(14)11(10(19)9(5)18)21-12-8(15)7(17)1-4(3-16)20-12/h1,5-12,16-19H,2-3,13-15H2/t5-,6?,7?,8?,9-,10?,11-,12-/m1/s1. The number of ether oxygens (including phenoxy) is 2. The van der Waals surface area contributed by atoms with Gasteiger partial charge in [0.2, 0.25) is 6.29 Å². The molecule has 10 N–H and O–H groups in total. The maximum atomic E-state index is 10.0. The topological polar surface area (TPSA) is 177 Å². The largest absolute Gasteiger partial charge is 0.465 e. The lowest BCUT2D eigenvalue weighted by molar-refractivity contribution is -0.226. The maximum absolute atomic E-state index is 10.0. The average molecular weight is 305 g/mol. The summed E-state index contributed by atoms with van der Waals surface area (Å²) in [6.07, 6.45) is -4.02. The van der Waals surface area contributed by atoms with Gasteiger partial charge in [0.1, 0.15) is 24.6 Å². The van der Waals surface area contributed by atoms with Gasteiger partial charge in [0.15, 0.2) is 0 Å². The van der Waals surface area contributed by atoms with Crippen LogP contribution in [0.4, 0.5) is 0 Å². The van der Waals surface area contributed by atoms with E-state index in [4.69, 9.17) is 31.8 Å². The van der Waals surface area contributed by atoms with Crippen LogP contribution in [0.3, 0.4) is 0 Å². The molecule has 1 heterocycles. The SMILES string of the molecule is NC1C(O)C=C(CO)O[C@@H]1O[C@@H]1C(N)C[C@@H](N)[C@@H](O)C1O. The summed E-state index contributed by atoms with van der Waals surface area (Å²) < 4.78 is 10.8. The van der Waals surface area contributed by atoms with Crippen molar-refractivity contribution in [3.8, 4) is 0 Å². The van der Waals surface area contributed by atoms with Gasteiger partial charge in [0.05, 0.1) is 18.2 Å². The zero-order valence-corrected chi connectivity index (χ0v) is 11.4. The van der Waals surface area contributed by atoms with Crippen molar-refractivity contribution in [2.24, 2.45) is 17.2 Å². The molecule has 1 saturated carbocycles. The molecule has 4 unspecified atom stereocenters. The van der Waals surface area contributed by atoms with Crippen LogP contribution in [0.5, 0.6) is 0 Å². The molecule has 0 saturated heterocycles. The summed E-state index contributed by atoms with van der Waals surface area (Å²) in [6, 6.07) is -2.17. The number of hydrogen-bond donors (Lipinski definition) is 7. The Morgan fingerprint density at radius 2 is 1.81 bits per heavy atom. The van der Waals surface area contributed by atoms with Gasteiger partial charge in [0, 0.05) is 12.1 Å². The number of rotatable bonds is 3. The molecule has 0 bridgehead atoms. The predicted molar refractivity (Wildman–Crippen MR) is 71.5 cm³/mol. The molecule has 9 heteroatoms. The molecule has 1 aliphatic heterocycles. The Bertz CT molecular complexity index is 395. The van der Waals surface area contributed by atoms with Crippen LogP contribution in [0.15, 0.2) is 11.8 Å². The molecule has 1 aliphatic carbocycles. The third kappa shape index (κ3) is 3.35.